The summed E-state index contributed by atoms with van der Waals surface area (Å²) in [7, 11) is 0. The molecule has 0 spiro atoms. The number of hydrogen-bond acceptors (Lipinski definition) is 3. The van der Waals surface area contributed by atoms with Crippen LogP contribution < -0.4 is 16.0 Å². The molecule has 116 valence electrons. The van der Waals surface area contributed by atoms with E-state index in [9.17, 15) is 9.59 Å². The predicted octanol–water partition coefficient (Wildman–Crippen LogP) is 1.69. The van der Waals surface area contributed by atoms with Crippen molar-refractivity contribution in [3.63, 3.8) is 0 Å². The number of hydrogen-bond donors (Lipinski definition) is 2. The van der Waals surface area contributed by atoms with Crippen molar-refractivity contribution in [3.8, 4) is 0 Å². The number of nitrogens with zero attached hydrogens (tertiary/aromatic N) is 1. The van der Waals surface area contributed by atoms with Crippen molar-refractivity contribution in [2.45, 2.75) is 19.4 Å². The van der Waals surface area contributed by atoms with Crippen molar-refractivity contribution >= 4 is 45.8 Å². The molecule has 2 rings (SSSR count). The van der Waals surface area contributed by atoms with E-state index in [1.54, 1.807) is 4.90 Å². The first-order valence-electron chi connectivity index (χ1n) is 6.57. The van der Waals surface area contributed by atoms with E-state index in [0.29, 0.717) is 13.1 Å². The van der Waals surface area contributed by atoms with Crippen molar-refractivity contribution < 1.29 is 9.59 Å². The van der Waals surface area contributed by atoms with Crippen molar-refractivity contribution in [3.05, 3.63) is 28.7 Å². The van der Waals surface area contributed by atoms with E-state index in [1.807, 2.05) is 31.2 Å². The quantitative estimate of drug-likeness (QED) is 0.839. The van der Waals surface area contributed by atoms with Gasteiger partial charge in [-0.2, -0.15) is 0 Å². The zero-order valence-electron chi connectivity index (χ0n) is 11.7. The highest BCUT2D eigenvalue weighted by molar-refractivity contribution is 9.10. The number of anilines is 1. The summed E-state index contributed by atoms with van der Waals surface area (Å²) in [5, 5.41) is 2.82. The summed E-state index contributed by atoms with van der Waals surface area (Å²) in [5.41, 5.74) is 6.30. The van der Waals surface area contributed by atoms with Crippen molar-refractivity contribution in [1.29, 1.82) is 0 Å². The Labute approximate surface area is 138 Å². The third-order valence-electron chi connectivity index (χ3n) is 3.36. The molecule has 7 heteroatoms. The van der Waals surface area contributed by atoms with E-state index >= 15 is 0 Å². The lowest BCUT2D eigenvalue weighted by atomic mass is 10.1. The third kappa shape index (κ3) is 4.43. The van der Waals surface area contributed by atoms with Gasteiger partial charge in [0.1, 0.15) is 0 Å². The maximum Gasteiger partial charge on any atom is 0.227 e. The minimum atomic E-state index is -0.310. The smallest absolute Gasteiger partial charge is 0.227 e. The Hall–Kier alpha value is -1.11. The van der Waals surface area contributed by atoms with E-state index in [0.717, 1.165) is 10.2 Å². The van der Waals surface area contributed by atoms with Crippen LogP contribution in [0.4, 0.5) is 5.69 Å². The fourth-order valence-corrected chi connectivity index (χ4v) is 2.58. The number of nitrogens with two attached hydrogens (primary N) is 1. The van der Waals surface area contributed by atoms with E-state index in [1.165, 1.54) is 0 Å². The van der Waals surface area contributed by atoms with Gasteiger partial charge in [-0.1, -0.05) is 22.0 Å². The summed E-state index contributed by atoms with van der Waals surface area (Å²) >= 11 is 3.38. The van der Waals surface area contributed by atoms with E-state index in [2.05, 4.69) is 21.2 Å². The fourth-order valence-electron chi connectivity index (χ4n) is 2.20. The van der Waals surface area contributed by atoms with Crippen LogP contribution in [0.3, 0.4) is 0 Å². The summed E-state index contributed by atoms with van der Waals surface area (Å²) in [5.74, 6) is -0.437. The second-order valence-electron chi connectivity index (χ2n) is 5.03. The average molecular weight is 377 g/mol. The molecule has 1 saturated heterocycles. The molecule has 1 aliphatic heterocycles. The Morgan fingerprint density at radius 2 is 2.29 bits per heavy atom. The average Bonchev–Trinajstić information content (AvgIpc) is 2.80. The van der Waals surface area contributed by atoms with Crippen LogP contribution in [0.2, 0.25) is 0 Å². The van der Waals surface area contributed by atoms with Crippen LogP contribution in [0.15, 0.2) is 28.7 Å². The zero-order valence-corrected chi connectivity index (χ0v) is 14.1. The molecule has 2 atom stereocenters. The topological polar surface area (TPSA) is 75.4 Å². The number of nitrogens with one attached hydrogen (secondary N) is 1. The number of amides is 2. The van der Waals surface area contributed by atoms with Gasteiger partial charge in [-0.05, 0) is 25.1 Å². The van der Waals surface area contributed by atoms with Crippen LogP contribution in [0, 0.1) is 5.92 Å². The number of halogens is 2. The van der Waals surface area contributed by atoms with Crippen LogP contribution in [0.25, 0.3) is 0 Å². The summed E-state index contributed by atoms with van der Waals surface area (Å²) in [6.07, 6.45) is 0.246. The molecule has 1 aliphatic rings. The maximum atomic E-state index is 12.1. The summed E-state index contributed by atoms with van der Waals surface area (Å²) in [4.78, 5) is 25.8. The second kappa shape index (κ2) is 7.77. The van der Waals surface area contributed by atoms with Crippen molar-refractivity contribution in [1.82, 2.24) is 5.32 Å². The van der Waals surface area contributed by atoms with Crippen molar-refractivity contribution in [2.24, 2.45) is 11.7 Å². The summed E-state index contributed by atoms with van der Waals surface area (Å²) < 4.78 is 0.910. The van der Waals surface area contributed by atoms with E-state index in [4.69, 9.17) is 5.73 Å². The Morgan fingerprint density at radius 3 is 2.90 bits per heavy atom. The number of rotatable bonds is 4. The molecule has 2 amide bonds. The summed E-state index contributed by atoms with van der Waals surface area (Å²) in [6, 6.07) is 7.44. The molecular weight excluding hydrogens is 358 g/mol. The highest BCUT2D eigenvalue weighted by Gasteiger charge is 2.35. The molecule has 1 aromatic carbocycles. The molecule has 1 unspecified atom stereocenters. The maximum absolute atomic E-state index is 12.1. The Balaban J connectivity index is 0.00000220. The van der Waals surface area contributed by atoms with Crippen LogP contribution in [0.5, 0.6) is 0 Å². The number of carbonyl (C=O) groups excluding carboxylic acids is 2. The number of benzene rings is 1. The van der Waals surface area contributed by atoms with Gasteiger partial charge in [0, 0.05) is 35.7 Å². The molecular formula is C14H19BrClN3O2. The van der Waals surface area contributed by atoms with Gasteiger partial charge in [0.15, 0.2) is 0 Å². The lowest BCUT2D eigenvalue weighted by molar-refractivity contribution is -0.126. The monoisotopic (exact) mass is 375 g/mol. The second-order valence-corrected chi connectivity index (χ2v) is 5.95. The third-order valence-corrected chi connectivity index (χ3v) is 3.85. The first-order valence-corrected chi connectivity index (χ1v) is 7.37. The van der Waals surface area contributed by atoms with Gasteiger partial charge in [0.25, 0.3) is 0 Å². The molecule has 1 fully saturated rings. The van der Waals surface area contributed by atoms with Crippen molar-refractivity contribution in [2.75, 3.05) is 18.0 Å². The molecule has 0 saturated carbocycles. The Bertz CT molecular complexity index is 527. The SMILES string of the molecule is C[C@@H](CN)NC(=O)C1CC(=O)N(c2cccc(Br)c2)C1.Cl. The molecule has 1 aromatic rings. The largest absolute Gasteiger partial charge is 0.352 e. The molecule has 0 aromatic heterocycles. The first kappa shape index (κ1) is 17.9. The van der Waals surface area contributed by atoms with E-state index < -0.39 is 0 Å². The molecule has 1 heterocycles. The Kier molecular flexibility index (Phi) is 6.64. The molecule has 3 N–H and O–H groups in total. The van der Waals surface area contributed by atoms with Crippen LogP contribution in [0.1, 0.15) is 13.3 Å². The Morgan fingerprint density at radius 1 is 1.57 bits per heavy atom. The normalized spacial score (nSPS) is 19.1. The van der Waals surface area contributed by atoms with Gasteiger partial charge < -0.3 is 16.0 Å². The fraction of sp³-hybridized carbons (Fsp3) is 0.429. The lowest BCUT2D eigenvalue weighted by Crippen LogP contribution is -2.41. The standard InChI is InChI=1S/C14H18BrN3O2.ClH/c1-9(7-16)17-14(20)10-5-13(19)18(8-10)12-4-2-3-11(15)6-12;/h2-4,6,9-10H,5,7-8,16H2,1H3,(H,17,20);1H/t9-,10?;/m0./s1. The molecule has 21 heavy (non-hydrogen) atoms. The van der Waals surface area contributed by atoms with Gasteiger partial charge in [-0.3, -0.25) is 9.59 Å². The predicted molar refractivity (Wildman–Crippen MR) is 88.5 cm³/mol. The lowest BCUT2D eigenvalue weighted by Gasteiger charge is -2.18. The van der Waals surface area contributed by atoms with Crippen LogP contribution in [-0.4, -0.2) is 30.9 Å². The van der Waals surface area contributed by atoms with Crippen LogP contribution in [-0.2, 0) is 9.59 Å². The van der Waals surface area contributed by atoms with E-state index in [-0.39, 0.29) is 42.6 Å². The molecule has 0 radical (unpaired) electrons. The zero-order chi connectivity index (χ0) is 14.7. The van der Waals surface area contributed by atoms with Crippen LogP contribution >= 0.6 is 28.3 Å². The van der Waals surface area contributed by atoms with Gasteiger partial charge >= 0.3 is 0 Å². The van der Waals surface area contributed by atoms with Gasteiger partial charge in [-0.25, -0.2) is 0 Å². The number of carbonyl (C=O) groups is 2. The summed E-state index contributed by atoms with van der Waals surface area (Å²) in [6.45, 7) is 2.65. The molecule has 0 aliphatic carbocycles. The highest BCUT2D eigenvalue weighted by Crippen LogP contribution is 2.27. The first-order chi connectivity index (χ1) is 9.51. The molecule has 5 nitrogen and oxygen atoms in total. The highest BCUT2D eigenvalue weighted by atomic mass is 79.9. The van der Waals surface area contributed by atoms with Gasteiger partial charge in [0.05, 0.1) is 5.92 Å². The minimum Gasteiger partial charge on any atom is -0.352 e. The minimum absolute atomic E-state index is 0. The van der Waals surface area contributed by atoms with Gasteiger partial charge in [0.2, 0.25) is 11.8 Å². The molecule has 0 bridgehead atoms. The van der Waals surface area contributed by atoms with Gasteiger partial charge in [-0.15, -0.1) is 12.4 Å².